The monoisotopic (exact) mass is 344 g/mol. The average Bonchev–Trinajstić information content (AvgIpc) is 3.10. The van der Waals surface area contributed by atoms with Gasteiger partial charge in [-0.25, -0.2) is 22.7 Å². The van der Waals surface area contributed by atoms with Gasteiger partial charge in [0.1, 0.15) is 0 Å². The summed E-state index contributed by atoms with van der Waals surface area (Å²) in [5.41, 5.74) is 1.82. The predicted molar refractivity (Wildman–Crippen MR) is 94.4 cm³/mol. The number of nitrogens with one attached hydrogen (secondary N) is 1. The zero-order chi connectivity index (χ0) is 16.7. The summed E-state index contributed by atoms with van der Waals surface area (Å²) in [7, 11) is -3.15. The Morgan fingerprint density at radius 1 is 1.33 bits per heavy atom. The van der Waals surface area contributed by atoms with E-state index in [4.69, 9.17) is 0 Å². The van der Waals surface area contributed by atoms with Crippen LogP contribution in [0.2, 0.25) is 0 Å². The van der Waals surface area contributed by atoms with Crippen LogP contribution in [0.4, 0.5) is 0 Å². The number of rotatable bonds is 3. The number of hydrogen-bond acceptors (Lipinski definition) is 4. The second kappa shape index (κ2) is 5.82. The number of H-pyrrole nitrogens is 1. The molecule has 0 radical (unpaired) electrons. The molecule has 0 saturated carbocycles. The quantitative estimate of drug-likeness (QED) is 0.792. The van der Waals surface area contributed by atoms with Crippen molar-refractivity contribution in [1.82, 2.24) is 19.3 Å². The van der Waals surface area contributed by atoms with Gasteiger partial charge in [-0.05, 0) is 31.9 Å². The summed E-state index contributed by atoms with van der Waals surface area (Å²) in [6.45, 7) is 2.85. The molecule has 4 rings (SSSR count). The summed E-state index contributed by atoms with van der Waals surface area (Å²) >= 11 is 0. The fourth-order valence-electron chi connectivity index (χ4n) is 3.63. The Morgan fingerprint density at radius 3 is 3.04 bits per heavy atom. The summed E-state index contributed by atoms with van der Waals surface area (Å²) in [5, 5.41) is 3.19. The van der Waals surface area contributed by atoms with Gasteiger partial charge in [-0.15, -0.1) is 0 Å². The lowest BCUT2D eigenvalue weighted by atomic mass is 9.92. The fourth-order valence-corrected chi connectivity index (χ4v) is 4.81. The summed E-state index contributed by atoms with van der Waals surface area (Å²) in [6, 6.07) is 3.98. The predicted octanol–water partition coefficient (Wildman–Crippen LogP) is 2.64. The summed E-state index contributed by atoms with van der Waals surface area (Å²) in [5.74, 6) is 0.309. The van der Waals surface area contributed by atoms with E-state index < -0.39 is 10.0 Å². The molecule has 0 bridgehead atoms. The van der Waals surface area contributed by atoms with E-state index in [0.717, 1.165) is 40.3 Å². The lowest BCUT2D eigenvalue weighted by Gasteiger charge is -2.32. The topological polar surface area (TPSA) is 79.0 Å². The van der Waals surface area contributed by atoms with Gasteiger partial charge in [0.15, 0.2) is 5.65 Å². The number of hydrogen-bond donors (Lipinski definition) is 1. The molecular formula is C17H20N4O2S. The van der Waals surface area contributed by atoms with Gasteiger partial charge in [0.25, 0.3) is 0 Å². The number of fused-ring (bicyclic) bond motifs is 3. The normalized spacial score (nSPS) is 20.0. The molecule has 1 saturated heterocycles. The minimum Gasteiger partial charge on any atom is -0.364 e. The number of piperidine rings is 1. The Hall–Kier alpha value is -1.99. The Labute approximate surface area is 141 Å². The van der Waals surface area contributed by atoms with Crippen molar-refractivity contribution in [2.24, 2.45) is 0 Å². The molecule has 4 heterocycles. The molecule has 3 aromatic rings. The van der Waals surface area contributed by atoms with Gasteiger partial charge < -0.3 is 4.98 Å². The van der Waals surface area contributed by atoms with Crippen molar-refractivity contribution in [3.05, 3.63) is 36.4 Å². The lowest BCUT2D eigenvalue weighted by molar-refractivity contribution is 0.314. The molecule has 1 aliphatic rings. The van der Waals surface area contributed by atoms with Gasteiger partial charge in [-0.2, -0.15) is 0 Å². The fraction of sp³-hybridized carbons (Fsp3) is 0.412. The Bertz CT molecular complexity index is 996. The molecule has 0 spiro atoms. The second-order valence-electron chi connectivity index (χ2n) is 6.26. The molecule has 7 heteroatoms. The maximum absolute atomic E-state index is 12.3. The van der Waals surface area contributed by atoms with Crippen LogP contribution in [-0.4, -0.2) is 46.5 Å². The van der Waals surface area contributed by atoms with Crippen LogP contribution in [0.15, 0.2) is 30.7 Å². The van der Waals surface area contributed by atoms with Crippen molar-refractivity contribution < 1.29 is 8.42 Å². The summed E-state index contributed by atoms with van der Waals surface area (Å²) in [4.78, 5) is 12.1. The Kier molecular flexibility index (Phi) is 3.77. The first-order chi connectivity index (χ1) is 11.6. The minimum atomic E-state index is -3.15. The zero-order valence-corrected chi connectivity index (χ0v) is 14.4. The Balaban J connectivity index is 1.83. The maximum Gasteiger partial charge on any atom is 0.213 e. The average molecular weight is 344 g/mol. The van der Waals surface area contributed by atoms with E-state index in [9.17, 15) is 8.42 Å². The molecule has 0 aromatic carbocycles. The van der Waals surface area contributed by atoms with Gasteiger partial charge >= 0.3 is 0 Å². The maximum atomic E-state index is 12.3. The van der Waals surface area contributed by atoms with Crippen molar-refractivity contribution in [3.63, 3.8) is 0 Å². The molecule has 1 atom stereocenters. The molecule has 1 aliphatic heterocycles. The van der Waals surface area contributed by atoms with E-state index in [1.54, 1.807) is 17.4 Å². The van der Waals surface area contributed by atoms with E-state index >= 15 is 0 Å². The highest BCUT2D eigenvalue weighted by Gasteiger charge is 2.30. The molecule has 1 fully saturated rings. The molecule has 0 aliphatic carbocycles. The van der Waals surface area contributed by atoms with Gasteiger partial charge in [0, 0.05) is 59.5 Å². The third-order valence-electron chi connectivity index (χ3n) is 4.88. The van der Waals surface area contributed by atoms with Gasteiger partial charge in [0.2, 0.25) is 10.0 Å². The van der Waals surface area contributed by atoms with E-state index in [1.165, 1.54) is 0 Å². The van der Waals surface area contributed by atoms with Crippen molar-refractivity contribution in [1.29, 1.82) is 0 Å². The van der Waals surface area contributed by atoms with Crippen LogP contribution in [0.5, 0.6) is 0 Å². The van der Waals surface area contributed by atoms with Crippen LogP contribution in [-0.2, 0) is 10.0 Å². The number of pyridine rings is 2. The van der Waals surface area contributed by atoms with Crippen molar-refractivity contribution in [3.8, 4) is 0 Å². The van der Waals surface area contributed by atoms with Gasteiger partial charge in [0.05, 0.1) is 5.75 Å². The van der Waals surface area contributed by atoms with E-state index in [0.29, 0.717) is 13.1 Å². The van der Waals surface area contributed by atoms with E-state index in [-0.39, 0.29) is 11.7 Å². The summed E-state index contributed by atoms with van der Waals surface area (Å²) < 4.78 is 26.2. The molecule has 0 amide bonds. The van der Waals surface area contributed by atoms with Crippen molar-refractivity contribution in [2.45, 2.75) is 25.7 Å². The smallest absolute Gasteiger partial charge is 0.213 e. The van der Waals surface area contributed by atoms with Crippen LogP contribution in [0.1, 0.15) is 31.4 Å². The zero-order valence-electron chi connectivity index (χ0n) is 13.6. The summed E-state index contributed by atoms with van der Waals surface area (Å²) in [6.07, 6.45) is 7.37. The SMILES string of the molecule is CCS(=O)(=O)N1CCCC(c2[nH]ccc3cnc4nccc4c23)C1. The van der Waals surface area contributed by atoms with Crippen LogP contribution in [0.25, 0.3) is 21.8 Å². The van der Waals surface area contributed by atoms with Gasteiger partial charge in [-0.3, -0.25) is 0 Å². The minimum absolute atomic E-state index is 0.153. The second-order valence-corrected chi connectivity index (χ2v) is 8.52. The molecule has 3 aromatic heterocycles. The van der Waals surface area contributed by atoms with E-state index in [1.807, 2.05) is 24.5 Å². The van der Waals surface area contributed by atoms with Crippen LogP contribution in [0.3, 0.4) is 0 Å². The number of aromatic amines is 1. The van der Waals surface area contributed by atoms with Crippen molar-refractivity contribution >= 4 is 31.8 Å². The molecule has 126 valence electrons. The first-order valence-electron chi connectivity index (χ1n) is 8.28. The third kappa shape index (κ3) is 2.48. The lowest BCUT2D eigenvalue weighted by Crippen LogP contribution is -2.40. The first-order valence-corrected chi connectivity index (χ1v) is 9.89. The van der Waals surface area contributed by atoms with Crippen LogP contribution >= 0.6 is 0 Å². The largest absolute Gasteiger partial charge is 0.364 e. The first kappa shape index (κ1) is 15.5. The number of aromatic nitrogens is 3. The van der Waals surface area contributed by atoms with Crippen molar-refractivity contribution in [2.75, 3.05) is 18.8 Å². The third-order valence-corrected chi connectivity index (χ3v) is 6.73. The molecule has 1 N–H and O–H groups in total. The van der Waals surface area contributed by atoms with Crippen LogP contribution in [0, 0.1) is 0 Å². The van der Waals surface area contributed by atoms with E-state index in [2.05, 4.69) is 15.0 Å². The Morgan fingerprint density at radius 2 is 2.21 bits per heavy atom. The van der Waals surface area contributed by atoms with Crippen LogP contribution < -0.4 is 0 Å². The highest BCUT2D eigenvalue weighted by atomic mass is 32.2. The molecule has 6 nitrogen and oxygen atoms in total. The highest BCUT2D eigenvalue weighted by molar-refractivity contribution is 7.89. The molecular weight excluding hydrogens is 324 g/mol. The molecule has 1 unspecified atom stereocenters. The van der Waals surface area contributed by atoms with Gasteiger partial charge in [-0.1, -0.05) is 0 Å². The number of nitrogens with zero attached hydrogens (tertiary/aromatic N) is 3. The highest BCUT2D eigenvalue weighted by Crippen LogP contribution is 2.34. The standard InChI is InChI=1S/C17H20N4O2S/c1-2-24(22,23)21-9-3-4-13(11-21)16-15-12(5-7-18-16)10-20-17-14(15)6-8-19-17/h5-8,10,13,18H,2-4,9,11H2,1H3. The number of sulfonamides is 1. The molecule has 24 heavy (non-hydrogen) atoms.